The summed E-state index contributed by atoms with van der Waals surface area (Å²) >= 11 is 0. The van der Waals surface area contributed by atoms with Gasteiger partial charge in [0.25, 0.3) is 0 Å². The average molecular weight is 475 g/mol. The molecule has 0 unspecified atom stereocenters. The summed E-state index contributed by atoms with van der Waals surface area (Å²) in [6, 6.07) is 15.8. The van der Waals surface area contributed by atoms with Gasteiger partial charge in [0.2, 0.25) is 0 Å². The SMILES string of the molecule is COc1cc(F)cc2c1c(-c1ccc(C(=O)O)c(C)c1)c(C(C)(C)CC#N)n2-c1ccc(F)cc1. The van der Waals surface area contributed by atoms with E-state index in [-0.39, 0.29) is 12.0 Å². The zero-order valence-corrected chi connectivity index (χ0v) is 19.8. The van der Waals surface area contributed by atoms with Gasteiger partial charge in [0, 0.05) is 34.8 Å². The predicted molar refractivity (Wildman–Crippen MR) is 130 cm³/mol. The van der Waals surface area contributed by atoms with Crippen LogP contribution in [0.3, 0.4) is 0 Å². The minimum atomic E-state index is -1.03. The third kappa shape index (κ3) is 4.12. The van der Waals surface area contributed by atoms with Crippen molar-refractivity contribution in [2.75, 3.05) is 7.11 Å². The number of aromatic nitrogens is 1. The van der Waals surface area contributed by atoms with Gasteiger partial charge in [0.15, 0.2) is 0 Å². The molecule has 0 atom stereocenters. The Labute approximate surface area is 201 Å². The number of halogens is 2. The molecule has 0 aliphatic heterocycles. The number of nitriles is 1. The minimum Gasteiger partial charge on any atom is -0.496 e. The average Bonchev–Trinajstić information content (AvgIpc) is 3.14. The van der Waals surface area contributed by atoms with Gasteiger partial charge in [0.1, 0.15) is 17.4 Å². The molecule has 1 heterocycles. The third-order valence-electron chi connectivity index (χ3n) is 6.21. The van der Waals surface area contributed by atoms with Crippen LogP contribution < -0.4 is 4.74 Å². The third-order valence-corrected chi connectivity index (χ3v) is 6.21. The molecule has 4 rings (SSSR count). The van der Waals surface area contributed by atoms with Gasteiger partial charge in [-0.2, -0.15) is 5.26 Å². The van der Waals surface area contributed by atoms with Crippen molar-refractivity contribution in [1.82, 2.24) is 4.57 Å². The summed E-state index contributed by atoms with van der Waals surface area (Å²) in [6.45, 7) is 5.54. The first-order chi connectivity index (χ1) is 16.6. The second-order valence-corrected chi connectivity index (χ2v) is 9.09. The van der Waals surface area contributed by atoms with E-state index >= 15 is 0 Å². The minimum absolute atomic E-state index is 0.147. The Kier molecular flexibility index (Phi) is 6.08. The summed E-state index contributed by atoms with van der Waals surface area (Å²) in [5, 5.41) is 19.7. The number of carbonyl (C=O) groups is 1. The van der Waals surface area contributed by atoms with Gasteiger partial charge >= 0.3 is 5.97 Å². The Morgan fingerprint density at radius 2 is 1.77 bits per heavy atom. The molecule has 0 saturated heterocycles. The molecule has 0 aliphatic rings. The van der Waals surface area contributed by atoms with E-state index in [0.717, 1.165) is 0 Å². The Hall–Kier alpha value is -4.18. The number of carboxylic acids is 1. The first-order valence-electron chi connectivity index (χ1n) is 11.0. The lowest BCUT2D eigenvalue weighted by atomic mass is 9.81. The number of carboxylic acid groups (broad SMARTS) is 1. The second kappa shape index (κ2) is 8.88. The van der Waals surface area contributed by atoms with Crippen molar-refractivity contribution in [3.8, 4) is 28.6 Å². The van der Waals surface area contributed by atoms with Crippen molar-refractivity contribution in [2.24, 2.45) is 0 Å². The Morgan fingerprint density at radius 3 is 2.34 bits per heavy atom. The normalized spacial score (nSPS) is 11.5. The molecule has 3 aromatic carbocycles. The Balaban J connectivity index is 2.24. The first-order valence-corrected chi connectivity index (χ1v) is 11.0. The largest absolute Gasteiger partial charge is 0.496 e. The number of rotatable bonds is 6. The number of ether oxygens (including phenoxy) is 1. The van der Waals surface area contributed by atoms with Crippen molar-refractivity contribution in [3.63, 3.8) is 0 Å². The lowest BCUT2D eigenvalue weighted by molar-refractivity contribution is 0.0696. The maximum atomic E-state index is 14.8. The fraction of sp³-hybridized carbons (Fsp3) is 0.214. The van der Waals surface area contributed by atoms with Crippen molar-refractivity contribution >= 4 is 16.9 Å². The van der Waals surface area contributed by atoms with Gasteiger partial charge in [-0.1, -0.05) is 26.0 Å². The highest BCUT2D eigenvalue weighted by Gasteiger charge is 2.33. The zero-order chi connectivity index (χ0) is 25.5. The second-order valence-electron chi connectivity index (χ2n) is 9.09. The quantitative estimate of drug-likeness (QED) is 0.334. The van der Waals surface area contributed by atoms with Crippen LogP contribution in [0.25, 0.3) is 27.7 Å². The lowest BCUT2D eigenvalue weighted by Crippen LogP contribution is -2.21. The highest BCUT2D eigenvalue weighted by atomic mass is 19.1. The van der Waals surface area contributed by atoms with Crippen LogP contribution in [0.4, 0.5) is 8.78 Å². The zero-order valence-electron chi connectivity index (χ0n) is 19.8. The smallest absolute Gasteiger partial charge is 0.335 e. The van der Waals surface area contributed by atoms with Crippen LogP contribution in [0, 0.1) is 29.9 Å². The summed E-state index contributed by atoms with van der Waals surface area (Å²) in [4.78, 5) is 11.6. The number of methoxy groups -OCH3 is 1. The van der Waals surface area contributed by atoms with E-state index < -0.39 is 23.0 Å². The molecular formula is C28H24F2N2O3. The summed E-state index contributed by atoms with van der Waals surface area (Å²) < 4.78 is 36.0. The molecule has 1 N–H and O–H groups in total. The summed E-state index contributed by atoms with van der Waals surface area (Å²) in [5.74, 6) is -1.66. The number of hydrogen-bond acceptors (Lipinski definition) is 3. The first kappa shape index (κ1) is 24.0. The van der Waals surface area contributed by atoms with E-state index in [0.29, 0.717) is 44.7 Å². The molecule has 0 amide bonds. The molecule has 4 aromatic rings. The van der Waals surface area contributed by atoms with Crippen LogP contribution in [-0.4, -0.2) is 22.8 Å². The maximum absolute atomic E-state index is 14.8. The molecule has 1 aromatic heterocycles. The van der Waals surface area contributed by atoms with Gasteiger partial charge < -0.3 is 14.4 Å². The standard InChI is InChI=1S/C28H24F2N2O3/c1-16-13-17(5-10-21(16)27(33)34)24-25-22(14-19(30)15-23(25)35-4)32(20-8-6-18(29)7-9-20)26(24)28(2,3)11-12-31/h5-10,13-15H,11H2,1-4H3,(H,33,34). The molecule has 0 fully saturated rings. The highest BCUT2D eigenvalue weighted by Crippen LogP contribution is 2.47. The summed E-state index contributed by atoms with van der Waals surface area (Å²) in [7, 11) is 1.45. The van der Waals surface area contributed by atoms with E-state index in [4.69, 9.17) is 4.74 Å². The summed E-state index contributed by atoms with van der Waals surface area (Å²) in [5.41, 5.74) is 3.19. The molecule has 7 heteroatoms. The van der Waals surface area contributed by atoms with Crippen molar-refractivity contribution in [3.05, 3.63) is 83.1 Å². The van der Waals surface area contributed by atoms with E-state index in [1.54, 1.807) is 31.2 Å². The molecule has 0 bridgehead atoms. The van der Waals surface area contributed by atoms with E-state index in [1.165, 1.54) is 37.4 Å². The lowest BCUT2D eigenvalue weighted by Gasteiger charge is -2.26. The monoisotopic (exact) mass is 474 g/mol. The molecule has 35 heavy (non-hydrogen) atoms. The molecule has 0 spiro atoms. The van der Waals surface area contributed by atoms with Crippen LogP contribution in [0.5, 0.6) is 5.75 Å². The van der Waals surface area contributed by atoms with E-state index in [9.17, 15) is 23.9 Å². The predicted octanol–water partition coefficient (Wildman–Crippen LogP) is 6.78. The number of benzene rings is 3. The maximum Gasteiger partial charge on any atom is 0.335 e. The van der Waals surface area contributed by atoms with Crippen molar-refractivity contribution in [1.29, 1.82) is 5.26 Å². The van der Waals surface area contributed by atoms with Crippen LogP contribution in [0.1, 0.15) is 41.9 Å². The van der Waals surface area contributed by atoms with Crippen LogP contribution in [-0.2, 0) is 5.41 Å². The Morgan fingerprint density at radius 1 is 1.09 bits per heavy atom. The van der Waals surface area contributed by atoms with Gasteiger partial charge in [-0.05, 0) is 54.4 Å². The van der Waals surface area contributed by atoms with Gasteiger partial charge in [-0.3, -0.25) is 0 Å². The van der Waals surface area contributed by atoms with Gasteiger partial charge in [0.05, 0.1) is 29.6 Å². The van der Waals surface area contributed by atoms with Crippen LogP contribution >= 0.6 is 0 Å². The fourth-order valence-electron chi connectivity index (χ4n) is 4.63. The molecule has 0 aliphatic carbocycles. The van der Waals surface area contributed by atoms with E-state index in [2.05, 4.69) is 6.07 Å². The van der Waals surface area contributed by atoms with Crippen LogP contribution in [0.2, 0.25) is 0 Å². The van der Waals surface area contributed by atoms with Gasteiger partial charge in [-0.15, -0.1) is 0 Å². The van der Waals surface area contributed by atoms with Crippen molar-refractivity contribution in [2.45, 2.75) is 32.6 Å². The number of fused-ring (bicyclic) bond motifs is 1. The fourth-order valence-corrected chi connectivity index (χ4v) is 4.63. The van der Waals surface area contributed by atoms with E-state index in [1.807, 2.05) is 18.4 Å². The number of aromatic carboxylic acids is 1. The summed E-state index contributed by atoms with van der Waals surface area (Å²) in [6.07, 6.45) is 0.147. The van der Waals surface area contributed by atoms with Crippen molar-refractivity contribution < 1.29 is 23.4 Å². The molecular weight excluding hydrogens is 450 g/mol. The van der Waals surface area contributed by atoms with Crippen LogP contribution in [0.15, 0.2) is 54.6 Å². The molecule has 178 valence electrons. The van der Waals surface area contributed by atoms with Gasteiger partial charge in [-0.25, -0.2) is 13.6 Å². The molecule has 0 radical (unpaired) electrons. The Bertz CT molecular complexity index is 1500. The number of hydrogen-bond donors (Lipinski definition) is 1. The topological polar surface area (TPSA) is 75.2 Å². The molecule has 0 saturated carbocycles. The highest BCUT2D eigenvalue weighted by molar-refractivity contribution is 6.04. The number of aryl methyl sites for hydroxylation is 1. The molecule has 5 nitrogen and oxygen atoms in total. The number of nitrogens with zero attached hydrogens (tertiary/aromatic N) is 2.